The van der Waals surface area contributed by atoms with Crippen molar-refractivity contribution in [2.45, 2.75) is 37.8 Å². The summed E-state index contributed by atoms with van der Waals surface area (Å²) in [4.78, 5) is 0. The Hall–Kier alpha value is -1.26. The van der Waals surface area contributed by atoms with Crippen molar-refractivity contribution in [3.63, 3.8) is 0 Å². The van der Waals surface area contributed by atoms with Gasteiger partial charge in [-0.15, -0.1) is 0 Å². The Morgan fingerprint density at radius 2 is 2.06 bits per heavy atom. The normalized spacial score (nSPS) is 17.9. The smallest absolute Gasteiger partial charge is 0.123 e. The van der Waals surface area contributed by atoms with Crippen LogP contribution in [0.5, 0.6) is 11.5 Å². The average molecular weight is 251 g/mol. The first-order valence-corrected chi connectivity index (χ1v) is 6.41. The van der Waals surface area contributed by atoms with Crippen LogP contribution in [0.15, 0.2) is 18.2 Å². The van der Waals surface area contributed by atoms with Gasteiger partial charge in [-0.05, 0) is 18.9 Å². The van der Waals surface area contributed by atoms with Crippen LogP contribution in [-0.2, 0) is 6.54 Å². The predicted molar refractivity (Wildman–Crippen MR) is 69.8 cm³/mol. The largest absolute Gasteiger partial charge is 0.507 e. The molecule has 0 unspecified atom stereocenters. The van der Waals surface area contributed by atoms with E-state index in [1.54, 1.807) is 13.2 Å². The van der Waals surface area contributed by atoms with Crippen LogP contribution in [0, 0.1) is 0 Å². The van der Waals surface area contributed by atoms with E-state index in [0.29, 0.717) is 12.3 Å². The van der Waals surface area contributed by atoms with Crippen molar-refractivity contribution in [3.8, 4) is 11.5 Å². The number of aliphatic hydroxyl groups excluding tert-OH is 1. The van der Waals surface area contributed by atoms with Gasteiger partial charge in [-0.2, -0.15) is 0 Å². The van der Waals surface area contributed by atoms with Crippen LogP contribution < -0.4 is 10.1 Å². The molecule has 0 aromatic heterocycles. The Morgan fingerprint density at radius 3 is 2.61 bits per heavy atom. The fourth-order valence-electron chi connectivity index (χ4n) is 2.55. The SMILES string of the molecule is COc1ccc(CNC2(CO)CCCC2)c(O)c1. The fourth-order valence-corrected chi connectivity index (χ4v) is 2.55. The number of benzene rings is 1. The maximum Gasteiger partial charge on any atom is 0.123 e. The molecular weight excluding hydrogens is 230 g/mol. The molecule has 0 bridgehead atoms. The van der Waals surface area contributed by atoms with Crippen molar-refractivity contribution >= 4 is 0 Å². The van der Waals surface area contributed by atoms with Gasteiger partial charge in [-0.3, -0.25) is 0 Å². The molecule has 0 aliphatic heterocycles. The molecule has 100 valence electrons. The zero-order chi connectivity index (χ0) is 13.0. The third-order valence-electron chi connectivity index (χ3n) is 3.81. The number of ether oxygens (including phenoxy) is 1. The Balaban J connectivity index is 2.01. The summed E-state index contributed by atoms with van der Waals surface area (Å²) in [5, 5.41) is 22.8. The predicted octanol–water partition coefficient (Wildman–Crippen LogP) is 1.80. The molecule has 0 radical (unpaired) electrons. The highest BCUT2D eigenvalue weighted by Gasteiger charge is 2.32. The van der Waals surface area contributed by atoms with Crippen molar-refractivity contribution < 1.29 is 14.9 Å². The van der Waals surface area contributed by atoms with Gasteiger partial charge in [-0.25, -0.2) is 0 Å². The van der Waals surface area contributed by atoms with Gasteiger partial charge in [0.2, 0.25) is 0 Å². The van der Waals surface area contributed by atoms with Crippen molar-refractivity contribution in [2.24, 2.45) is 0 Å². The zero-order valence-electron chi connectivity index (χ0n) is 10.8. The molecule has 2 rings (SSSR count). The highest BCUT2D eigenvalue weighted by atomic mass is 16.5. The molecule has 4 heteroatoms. The second-order valence-corrected chi connectivity index (χ2v) is 4.99. The molecule has 1 aliphatic carbocycles. The first-order chi connectivity index (χ1) is 8.69. The highest BCUT2D eigenvalue weighted by Crippen LogP contribution is 2.30. The van der Waals surface area contributed by atoms with E-state index in [9.17, 15) is 10.2 Å². The van der Waals surface area contributed by atoms with Gasteiger partial charge >= 0.3 is 0 Å². The third-order valence-corrected chi connectivity index (χ3v) is 3.81. The molecule has 0 heterocycles. The molecule has 0 amide bonds. The monoisotopic (exact) mass is 251 g/mol. The van der Waals surface area contributed by atoms with Crippen molar-refractivity contribution in [3.05, 3.63) is 23.8 Å². The molecule has 4 nitrogen and oxygen atoms in total. The summed E-state index contributed by atoms with van der Waals surface area (Å²) < 4.78 is 5.05. The number of phenolic OH excluding ortho intramolecular Hbond substituents is 1. The number of nitrogens with one attached hydrogen (secondary N) is 1. The van der Waals surface area contributed by atoms with Gasteiger partial charge < -0.3 is 20.3 Å². The number of methoxy groups -OCH3 is 1. The molecule has 3 N–H and O–H groups in total. The van der Waals surface area contributed by atoms with Gasteiger partial charge in [0.05, 0.1) is 13.7 Å². The minimum atomic E-state index is -0.160. The van der Waals surface area contributed by atoms with Crippen LogP contribution in [0.2, 0.25) is 0 Å². The van der Waals surface area contributed by atoms with Gasteiger partial charge in [0.25, 0.3) is 0 Å². The van der Waals surface area contributed by atoms with Gasteiger partial charge in [-0.1, -0.05) is 18.9 Å². The molecule has 0 saturated heterocycles. The first kappa shape index (κ1) is 13.2. The molecular formula is C14H21NO3. The zero-order valence-corrected chi connectivity index (χ0v) is 10.8. The first-order valence-electron chi connectivity index (χ1n) is 6.41. The maximum absolute atomic E-state index is 9.87. The molecule has 1 saturated carbocycles. The van der Waals surface area contributed by atoms with E-state index >= 15 is 0 Å². The lowest BCUT2D eigenvalue weighted by molar-refractivity contribution is 0.162. The van der Waals surface area contributed by atoms with Crippen LogP contribution in [-0.4, -0.2) is 29.5 Å². The Bertz CT molecular complexity index is 400. The quantitative estimate of drug-likeness (QED) is 0.746. The summed E-state index contributed by atoms with van der Waals surface area (Å²) >= 11 is 0. The summed E-state index contributed by atoms with van der Waals surface area (Å²) in [6, 6.07) is 5.29. The van der Waals surface area contributed by atoms with Gasteiger partial charge in [0.15, 0.2) is 0 Å². The van der Waals surface area contributed by atoms with E-state index in [1.807, 2.05) is 12.1 Å². The number of aromatic hydroxyl groups is 1. The van der Waals surface area contributed by atoms with E-state index < -0.39 is 0 Å². The standard InChI is InChI=1S/C14H21NO3/c1-18-12-5-4-11(13(17)8-12)9-15-14(10-16)6-2-3-7-14/h4-5,8,15-17H,2-3,6-7,9-10H2,1H3. The topological polar surface area (TPSA) is 61.7 Å². The summed E-state index contributed by atoms with van der Waals surface area (Å²) in [6.45, 7) is 0.723. The maximum atomic E-state index is 9.87. The summed E-state index contributed by atoms with van der Waals surface area (Å²) in [5.74, 6) is 0.877. The Kier molecular flexibility index (Phi) is 4.09. The van der Waals surface area contributed by atoms with E-state index in [2.05, 4.69) is 5.32 Å². The molecule has 18 heavy (non-hydrogen) atoms. The average Bonchev–Trinajstić information content (AvgIpc) is 2.86. The number of aliphatic hydroxyl groups is 1. The summed E-state index contributed by atoms with van der Waals surface area (Å²) in [6.07, 6.45) is 4.31. The minimum absolute atomic E-state index is 0.157. The lowest BCUT2D eigenvalue weighted by Gasteiger charge is -2.28. The van der Waals surface area contributed by atoms with Crippen LogP contribution in [0.25, 0.3) is 0 Å². The van der Waals surface area contributed by atoms with Crippen LogP contribution in [0.1, 0.15) is 31.2 Å². The van der Waals surface area contributed by atoms with Crippen molar-refractivity contribution in [1.29, 1.82) is 0 Å². The van der Waals surface area contributed by atoms with Crippen LogP contribution >= 0.6 is 0 Å². The second kappa shape index (κ2) is 5.59. The Labute approximate surface area is 108 Å². The molecule has 0 atom stereocenters. The highest BCUT2D eigenvalue weighted by molar-refractivity contribution is 5.39. The van der Waals surface area contributed by atoms with Gasteiger partial charge in [0, 0.05) is 23.7 Å². The van der Waals surface area contributed by atoms with E-state index in [4.69, 9.17) is 4.74 Å². The molecule has 1 aromatic carbocycles. The minimum Gasteiger partial charge on any atom is -0.507 e. The summed E-state index contributed by atoms with van der Waals surface area (Å²) in [5.41, 5.74) is 0.669. The second-order valence-electron chi connectivity index (χ2n) is 4.99. The molecule has 1 aromatic rings. The fraction of sp³-hybridized carbons (Fsp3) is 0.571. The number of hydrogen-bond donors (Lipinski definition) is 3. The molecule has 1 aliphatic rings. The summed E-state index contributed by atoms with van der Waals surface area (Å²) in [7, 11) is 1.58. The van der Waals surface area contributed by atoms with Crippen LogP contribution in [0.3, 0.4) is 0 Å². The van der Waals surface area contributed by atoms with Crippen molar-refractivity contribution in [1.82, 2.24) is 5.32 Å². The van der Waals surface area contributed by atoms with Gasteiger partial charge in [0.1, 0.15) is 11.5 Å². The number of phenols is 1. The lowest BCUT2D eigenvalue weighted by atomic mass is 9.98. The number of hydrogen-bond acceptors (Lipinski definition) is 4. The van der Waals surface area contributed by atoms with E-state index in [1.165, 1.54) is 0 Å². The molecule has 0 spiro atoms. The third kappa shape index (κ3) is 2.76. The van der Waals surface area contributed by atoms with E-state index in [0.717, 1.165) is 31.2 Å². The molecule has 1 fully saturated rings. The lowest BCUT2D eigenvalue weighted by Crippen LogP contribution is -2.45. The number of rotatable bonds is 5. The van der Waals surface area contributed by atoms with Crippen molar-refractivity contribution in [2.75, 3.05) is 13.7 Å². The van der Waals surface area contributed by atoms with E-state index in [-0.39, 0.29) is 17.9 Å². The van der Waals surface area contributed by atoms with Crippen LogP contribution in [0.4, 0.5) is 0 Å². The Morgan fingerprint density at radius 1 is 1.33 bits per heavy atom.